The highest BCUT2D eigenvalue weighted by Crippen LogP contribution is 2.29. The lowest BCUT2D eigenvalue weighted by molar-refractivity contribution is -0.384. The quantitative estimate of drug-likeness (QED) is 0.258. The van der Waals surface area contributed by atoms with Crippen LogP contribution in [0.15, 0.2) is 78.9 Å². The highest BCUT2D eigenvalue weighted by Gasteiger charge is 2.26. The molecule has 3 aromatic rings. The Morgan fingerprint density at radius 3 is 2.26 bits per heavy atom. The molecule has 0 saturated carbocycles. The maximum absolute atomic E-state index is 12.8. The molecule has 0 aliphatic rings. The standard InChI is InChI=1S/C25H23N3O7/c1-2-34-19-13-14-20(21(15-19)28(32)33)26-22(29)16-35-25(31)23(17-9-5-3-6-10-17)27-24(30)18-11-7-4-8-12-18/h3-15,23H,2,16H2,1H3,(H,26,29)(H,27,30). The molecule has 3 rings (SSSR count). The van der Waals surface area contributed by atoms with Crippen molar-refractivity contribution < 1.29 is 28.8 Å². The van der Waals surface area contributed by atoms with Crippen molar-refractivity contribution in [3.8, 4) is 5.75 Å². The Balaban J connectivity index is 1.69. The van der Waals surface area contributed by atoms with Crippen molar-refractivity contribution in [1.82, 2.24) is 5.32 Å². The van der Waals surface area contributed by atoms with Gasteiger partial charge in [0, 0.05) is 5.56 Å². The van der Waals surface area contributed by atoms with E-state index in [4.69, 9.17) is 9.47 Å². The third-order valence-corrected chi connectivity index (χ3v) is 4.78. The van der Waals surface area contributed by atoms with E-state index in [9.17, 15) is 24.5 Å². The molecule has 1 unspecified atom stereocenters. The molecule has 1 atom stereocenters. The minimum Gasteiger partial charge on any atom is -0.494 e. The first kappa shape index (κ1) is 24.9. The Kier molecular flexibility index (Phi) is 8.49. The van der Waals surface area contributed by atoms with E-state index in [1.165, 1.54) is 18.2 Å². The zero-order valence-corrected chi connectivity index (χ0v) is 18.8. The van der Waals surface area contributed by atoms with Crippen LogP contribution in [0.3, 0.4) is 0 Å². The number of rotatable bonds is 10. The van der Waals surface area contributed by atoms with Gasteiger partial charge in [-0.15, -0.1) is 0 Å². The molecule has 0 saturated heterocycles. The molecule has 0 bridgehead atoms. The zero-order valence-electron chi connectivity index (χ0n) is 18.8. The lowest BCUT2D eigenvalue weighted by Gasteiger charge is -2.18. The molecule has 2 amide bonds. The van der Waals surface area contributed by atoms with Crippen LogP contribution in [0.5, 0.6) is 5.75 Å². The van der Waals surface area contributed by atoms with Gasteiger partial charge in [-0.3, -0.25) is 19.7 Å². The van der Waals surface area contributed by atoms with Crippen LogP contribution in [0, 0.1) is 10.1 Å². The van der Waals surface area contributed by atoms with Gasteiger partial charge in [0.25, 0.3) is 17.5 Å². The van der Waals surface area contributed by atoms with Crippen molar-refractivity contribution in [2.24, 2.45) is 0 Å². The third kappa shape index (κ3) is 6.87. The van der Waals surface area contributed by atoms with Crippen LogP contribution in [-0.4, -0.2) is 35.9 Å². The van der Waals surface area contributed by atoms with Gasteiger partial charge in [-0.05, 0) is 36.8 Å². The molecule has 10 nitrogen and oxygen atoms in total. The van der Waals surface area contributed by atoms with E-state index in [1.54, 1.807) is 67.6 Å². The number of anilines is 1. The Morgan fingerprint density at radius 1 is 0.971 bits per heavy atom. The molecule has 0 aromatic heterocycles. The van der Waals surface area contributed by atoms with E-state index in [2.05, 4.69) is 10.6 Å². The highest BCUT2D eigenvalue weighted by molar-refractivity contribution is 5.98. The van der Waals surface area contributed by atoms with Crippen molar-refractivity contribution in [3.05, 3.63) is 100 Å². The van der Waals surface area contributed by atoms with E-state index in [0.717, 1.165) is 0 Å². The van der Waals surface area contributed by atoms with Gasteiger partial charge in [-0.2, -0.15) is 0 Å². The summed E-state index contributed by atoms with van der Waals surface area (Å²) in [5.74, 6) is -1.86. The van der Waals surface area contributed by atoms with Crippen LogP contribution in [0.1, 0.15) is 28.9 Å². The van der Waals surface area contributed by atoms with Crippen LogP contribution in [0.4, 0.5) is 11.4 Å². The van der Waals surface area contributed by atoms with Crippen LogP contribution in [-0.2, 0) is 14.3 Å². The molecular formula is C25H23N3O7. The second-order valence-electron chi connectivity index (χ2n) is 7.21. The fourth-order valence-electron chi connectivity index (χ4n) is 3.16. The summed E-state index contributed by atoms with van der Waals surface area (Å²) in [4.78, 5) is 48.5. The van der Waals surface area contributed by atoms with Gasteiger partial charge in [0.05, 0.1) is 17.6 Å². The van der Waals surface area contributed by atoms with E-state index in [-0.39, 0.29) is 17.1 Å². The number of nitrogens with zero attached hydrogens (tertiary/aromatic N) is 1. The summed E-state index contributed by atoms with van der Waals surface area (Å²) in [6.45, 7) is 1.34. The Labute approximate surface area is 201 Å². The SMILES string of the molecule is CCOc1ccc(NC(=O)COC(=O)C(NC(=O)c2ccccc2)c2ccccc2)c([N+](=O)[O-])c1. The van der Waals surface area contributed by atoms with Gasteiger partial charge in [0.2, 0.25) is 0 Å². The number of nitro groups is 1. The summed E-state index contributed by atoms with van der Waals surface area (Å²) in [6.07, 6.45) is 0. The second kappa shape index (κ2) is 11.9. The Bertz CT molecular complexity index is 1200. The lowest BCUT2D eigenvalue weighted by atomic mass is 10.1. The summed E-state index contributed by atoms with van der Waals surface area (Å²) in [5, 5.41) is 16.3. The number of hydrogen-bond donors (Lipinski definition) is 2. The Hall–Kier alpha value is -4.73. The number of amides is 2. The van der Waals surface area contributed by atoms with Crippen molar-refractivity contribution in [3.63, 3.8) is 0 Å². The first-order valence-corrected chi connectivity index (χ1v) is 10.7. The van der Waals surface area contributed by atoms with Crippen LogP contribution in [0.2, 0.25) is 0 Å². The molecule has 10 heteroatoms. The highest BCUT2D eigenvalue weighted by atomic mass is 16.6. The maximum Gasteiger partial charge on any atom is 0.333 e. The summed E-state index contributed by atoms with van der Waals surface area (Å²) < 4.78 is 10.4. The van der Waals surface area contributed by atoms with Crippen molar-refractivity contribution >= 4 is 29.2 Å². The largest absolute Gasteiger partial charge is 0.494 e. The molecular weight excluding hydrogens is 454 g/mol. The summed E-state index contributed by atoms with van der Waals surface area (Å²) in [6, 6.07) is 19.6. The summed E-state index contributed by atoms with van der Waals surface area (Å²) in [5.41, 5.74) is 0.371. The minimum atomic E-state index is -1.17. The molecule has 0 heterocycles. The molecule has 0 radical (unpaired) electrons. The number of ether oxygens (including phenoxy) is 2. The Morgan fingerprint density at radius 2 is 1.63 bits per heavy atom. The number of benzene rings is 3. The molecule has 3 aromatic carbocycles. The number of hydrogen-bond acceptors (Lipinski definition) is 7. The average Bonchev–Trinajstić information content (AvgIpc) is 2.87. The van der Waals surface area contributed by atoms with Gasteiger partial charge in [0.15, 0.2) is 12.6 Å². The number of esters is 1. The maximum atomic E-state index is 12.8. The summed E-state index contributed by atoms with van der Waals surface area (Å²) in [7, 11) is 0. The molecule has 0 aliphatic heterocycles. The van der Waals surface area contributed by atoms with Gasteiger partial charge >= 0.3 is 5.97 Å². The average molecular weight is 477 g/mol. The third-order valence-electron chi connectivity index (χ3n) is 4.78. The number of nitrogens with one attached hydrogen (secondary N) is 2. The second-order valence-corrected chi connectivity index (χ2v) is 7.21. The van der Waals surface area contributed by atoms with E-state index >= 15 is 0 Å². The molecule has 0 spiro atoms. The van der Waals surface area contributed by atoms with Gasteiger partial charge in [0.1, 0.15) is 11.4 Å². The molecule has 180 valence electrons. The van der Waals surface area contributed by atoms with Crippen molar-refractivity contribution in [2.45, 2.75) is 13.0 Å². The van der Waals surface area contributed by atoms with Gasteiger partial charge in [-0.25, -0.2) is 4.79 Å². The predicted octanol–water partition coefficient (Wildman–Crippen LogP) is 3.65. The summed E-state index contributed by atoms with van der Waals surface area (Å²) >= 11 is 0. The predicted molar refractivity (Wildman–Crippen MR) is 127 cm³/mol. The first-order valence-electron chi connectivity index (χ1n) is 10.7. The van der Waals surface area contributed by atoms with E-state index in [0.29, 0.717) is 17.7 Å². The fraction of sp³-hybridized carbons (Fsp3) is 0.160. The zero-order chi connectivity index (χ0) is 25.2. The van der Waals surface area contributed by atoms with E-state index < -0.39 is 35.4 Å². The number of carbonyl (C=O) groups is 3. The minimum absolute atomic E-state index is 0.0727. The van der Waals surface area contributed by atoms with Gasteiger partial charge in [-0.1, -0.05) is 48.5 Å². The fourth-order valence-corrected chi connectivity index (χ4v) is 3.16. The van der Waals surface area contributed by atoms with Crippen LogP contribution < -0.4 is 15.4 Å². The lowest BCUT2D eigenvalue weighted by Crippen LogP contribution is -2.36. The smallest absolute Gasteiger partial charge is 0.333 e. The molecule has 0 aliphatic carbocycles. The monoisotopic (exact) mass is 477 g/mol. The van der Waals surface area contributed by atoms with Gasteiger partial charge < -0.3 is 20.1 Å². The van der Waals surface area contributed by atoms with Crippen molar-refractivity contribution in [1.29, 1.82) is 0 Å². The van der Waals surface area contributed by atoms with Crippen LogP contribution >= 0.6 is 0 Å². The van der Waals surface area contributed by atoms with Crippen molar-refractivity contribution in [2.75, 3.05) is 18.5 Å². The first-order chi connectivity index (χ1) is 16.9. The molecule has 2 N–H and O–H groups in total. The topological polar surface area (TPSA) is 137 Å². The normalized spacial score (nSPS) is 11.1. The number of carbonyl (C=O) groups excluding carboxylic acids is 3. The molecule has 0 fully saturated rings. The molecule has 35 heavy (non-hydrogen) atoms. The number of nitro benzene ring substituents is 1. The van der Waals surface area contributed by atoms with E-state index in [1.807, 2.05) is 0 Å². The van der Waals surface area contributed by atoms with Crippen LogP contribution in [0.25, 0.3) is 0 Å².